The van der Waals surface area contributed by atoms with Crippen LogP contribution in [0.1, 0.15) is 23.0 Å². The van der Waals surface area contributed by atoms with Crippen molar-refractivity contribution in [2.24, 2.45) is 5.92 Å². The molecule has 1 amide bonds. The number of carbonyl (C=O) groups excluding carboxylic acids is 1. The highest BCUT2D eigenvalue weighted by Gasteiger charge is 2.27. The molecule has 1 unspecified atom stereocenters. The van der Waals surface area contributed by atoms with Crippen molar-refractivity contribution in [2.75, 3.05) is 26.3 Å². The van der Waals surface area contributed by atoms with Gasteiger partial charge in [0.1, 0.15) is 5.75 Å². The average Bonchev–Trinajstić information content (AvgIpc) is 2.94. The number of ether oxygens (including phenoxy) is 1. The summed E-state index contributed by atoms with van der Waals surface area (Å²) in [5, 5.41) is 10.8. The molecule has 4 nitrogen and oxygen atoms in total. The van der Waals surface area contributed by atoms with Crippen LogP contribution in [0.15, 0.2) is 11.4 Å². The molecular formula is C12H17NO3S. The van der Waals surface area contributed by atoms with Crippen LogP contribution in [0.25, 0.3) is 0 Å². The fourth-order valence-electron chi connectivity index (χ4n) is 2.03. The molecule has 2 rings (SSSR count). The molecule has 1 fully saturated rings. The van der Waals surface area contributed by atoms with Gasteiger partial charge < -0.3 is 14.7 Å². The molecule has 1 aromatic rings. The number of hydrogen-bond donors (Lipinski definition) is 1. The Kier molecular flexibility index (Phi) is 4.02. The smallest absolute Gasteiger partial charge is 0.264 e. The van der Waals surface area contributed by atoms with Crippen LogP contribution in [0.5, 0.6) is 5.75 Å². The highest BCUT2D eigenvalue weighted by Crippen LogP contribution is 2.24. The summed E-state index contributed by atoms with van der Waals surface area (Å²) in [4.78, 5) is 14.5. The minimum atomic E-state index is 0.0225. The first-order valence-electron chi connectivity index (χ1n) is 5.85. The normalized spacial score (nSPS) is 19.8. The SMILES string of the molecule is CCOCC1CCN(C(=O)c2cc(O)cs2)C1. The van der Waals surface area contributed by atoms with Crippen LogP contribution in [0.4, 0.5) is 0 Å². The van der Waals surface area contributed by atoms with Gasteiger partial charge in [0.25, 0.3) is 5.91 Å². The average molecular weight is 255 g/mol. The summed E-state index contributed by atoms with van der Waals surface area (Å²) >= 11 is 1.29. The number of carbonyl (C=O) groups is 1. The molecule has 0 aliphatic carbocycles. The molecule has 1 aliphatic heterocycles. The van der Waals surface area contributed by atoms with Gasteiger partial charge in [-0.1, -0.05) is 0 Å². The van der Waals surface area contributed by atoms with Crippen LogP contribution in [0, 0.1) is 5.92 Å². The summed E-state index contributed by atoms with van der Waals surface area (Å²) in [5.74, 6) is 0.644. The van der Waals surface area contributed by atoms with Gasteiger partial charge in [-0.2, -0.15) is 0 Å². The minimum absolute atomic E-state index is 0.0225. The Balaban J connectivity index is 1.90. The number of thiophene rings is 1. The van der Waals surface area contributed by atoms with Crippen LogP contribution in [0.3, 0.4) is 0 Å². The molecule has 5 heteroatoms. The molecule has 0 bridgehead atoms. The van der Waals surface area contributed by atoms with Crippen molar-refractivity contribution in [3.63, 3.8) is 0 Å². The summed E-state index contributed by atoms with van der Waals surface area (Å²) in [5.41, 5.74) is 0. The lowest BCUT2D eigenvalue weighted by Gasteiger charge is -2.15. The molecule has 2 heterocycles. The van der Waals surface area contributed by atoms with Gasteiger partial charge in [0, 0.05) is 37.1 Å². The molecule has 1 N–H and O–H groups in total. The van der Waals surface area contributed by atoms with Crippen molar-refractivity contribution in [1.29, 1.82) is 0 Å². The van der Waals surface area contributed by atoms with Crippen molar-refractivity contribution in [2.45, 2.75) is 13.3 Å². The third kappa shape index (κ3) is 2.98. The maximum absolute atomic E-state index is 12.1. The highest BCUT2D eigenvalue weighted by atomic mass is 32.1. The molecule has 0 radical (unpaired) electrons. The van der Waals surface area contributed by atoms with Gasteiger partial charge in [-0.05, 0) is 13.3 Å². The van der Waals surface area contributed by atoms with Crippen LogP contribution < -0.4 is 0 Å². The van der Waals surface area contributed by atoms with Crippen molar-refractivity contribution in [3.8, 4) is 5.75 Å². The quantitative estimate of drug-likeness (QED) is 0.894. The second kappa shape index (κ2) is 5.51. The van der Waals surface area contributed by atoms with E-state index in [9.17, 15) is 9.90 Å². The maximum atomic E-state index is 12.1. The molecule has 1 saturated heterocycles. The van der Waals surface area contributed by atoms with Crippen LogP contribution in [0.2, 0.25) is 0 Å². The van der Waals surface area contributed by atoms with Gasteiger partial charge in [0.2, 0.25) is 0 Å². The van der Waals surface area contributed by atoms with Gasteiger partial charge >= 0.3 is 0 Å². The van der Waals surface area contributed by atoms with E-state index in [0.29, 0.717) is 10.8 Å². The zero-order valence-corrected chi connectivity index (χ0v) is 10.7. The molecule has 17 heavy (non-hydrogen) atoms. The van der Waals surface area contributed by atoms with E-state index in [0.717, 1.165) is 32.7 Å². The Morgan fingerprint density at radius 2 is 2.53 bits per heavy atom. The lowest BCUT2D eigenvalue weighted by atomic mass is 10.1. The van der Waals surface area contributed by atoms with Gasteiger partial charge in [-0.3, -0.25) is 4.79 Å². The standard InChI is InChI=1S/C12H17NO3S/c1-2-16-7-9-3-4-13(6-9)12(15)11-5-10(14)8-17-11/h5,8-9,14H,2-4,6-7H2,1H3. The largest absolute Gasteiger partial charge is 0.507 e. The van der Waals surface area contributed by atoms with E-state index in [1.54, 1.807) is 5.38 Å². The van der Waals surface area contributed by atoms with E-state index in [1.807, 2.05) is 11.8 Å². The van der Waals surface area contributed by atoms with Gasteiger partial charge in [-0.25, -0.2) is 0 Å². The van der Waals surface area contributed by atoms with E-state index >= 15 is 0 Å². The van der Waals surface area contributed by atoms with Crippen molar-refractivity contribution < 1.29 is 14.6 Å². The Morgan fingerprint density at radius 1 is 1.71 bits per heavy atom. The number of aromatic hydroxyl groups is 1. The first-order valence-corrected chi connectivity index (χ1v) is 6.73. The second-order valence-electron chi connectivity index (χ2n) is 4.23. The first-order chi connectivity index (χ1) is 8.20. The number of nitrogens with zero attached hydrogens (tertiary/aromatic N) is 1. The summed E-state index contributed by atoms with van der Waals surface area (Å²) in [6.45, 7) is 4.98. The molecule has 0 spiro atoms. The van der Waals surface area contributed by atoms with E-state index in [4.69, 9.17) is 4.74 Å². The van der Waals surface area contributed by atoms with E-state index < -0.39 is 0 Å². The van der Waals surface area contributed by atoms with Crippen molar-refractivity contribution in [1.82, 2.24) is 4.90 Å². The van der Waals surface area contributed by atoms with Gasteiger partial charge in [-0.15, -0.1) is 11.3 Å². The molecule has 1 aliphatic rings. The lowest BCUT2D eigenvalue weighted by Crippen LogP contribution is -2.28. The summed E-state index contributed by atoms with van der Waals surface area (Å²) in [6.07, 6.45) is 1.00. The predicted octanol–water partition coefficient (Wildman–Crippen LogP) is 1.95. The zero-order valence-electron chi connectivity index (χ0n) is 9.89. The molecule has 0 aromatic carbocycles. The second-order valence-corrected chi connectivity index (χ2v) is 5.15. The number of likely N-dealkylation sites (tertiary alicyclic amines) is 1. The van der Waals surface area contributed by atoms with Crippen molar-refractivity contribution >= 4 is 17.2 Å². The Bertz CT molecular complexity index is 391. The molecule has 1 atom stereocenters. The third-order valence-electron chi connectivity index (χ3n) is 2.93. The summed E-state index contributed by atoms with van der Waals surface area (Å²) in [7, 11) is 0. The Labute approximate surface area is 105 Å². The van der Waals surface area contributed by atoms with Crippen LogP contribution in [-0.4, -0.2) is 42.2 Å². The Morgan fingerprint density at radius 3 is 3.18 bits per heavy atom. The minimum Gasteiger partial charge on any atom is -0.507 e. The summed E-state index contributed by atoms with van der Waals surface area (Å²) < 4.78 is 5.38. The third-order valence-corrected chi connectivity index (χ3v) is 3.83. The lowest BCUT2D eigenvalue weighted by molar-refractivity contribution is 0.0767. The van der Waals surface area contributed by atoms with Gasteiger partial charge in [0.15, 0.2) is 0 Å². The van der Waals surface area contributed by atoms with Crippen LogP contribution in [-0.2, 0) is 4.74 Å². The zero-order chi connectivity index (χ0) is 12.3. The fraction of sp³-hybridized carbons (Fsp3) is 0.583. The number of amides is 1. The highest BCUT2D eigenvalue weighted by molar-refractivity contribution is 7.12. The van der Waals surface area contributed by atoms with E-state index in [-0.39, 0.29) is 11.7 Å². The number of hydrogen-bond acceptors (Lipinski definition) is 4. The van der Waals surface area contributed by atoms with E-state index in [2.05, 4.69) is 0 Å². The topological polar surface area (TPSA) is 49.8 Å². The monoisotopic (exact) mass is 255 g/mol. The molecule has 0 saturated carbocycles. The van der Waals surface area contributed by atoms with Crippen LogP contribution >= 0.6 is 11.3 Å². The maximum Gasteiger partial charge on any atom is 0.264 e. The predicted molar refractivity (Wildman–Crippen MR) is 66.5 cm³/mol. The van der Waals surface area contributed by atoms with E-state index in [1.165, 1.54) is 17.4 Å². The fourth-order valence-corrected chi connectivity index (χ4v) is 2.77. The molecule has 1 aromatic heterocycles. The first kappa shape index (κ1) is 12.4. The van der Waals surface area contributed by atoms with Crippen molar-refractivity contribution in [3.05, 3.63) is 16.3 Å². The van der Waals surface area contributed by atoms with Gasteiger partial charge in [0.05, 0.1) is 11.5 Å². The summed E-state index contributed by atoms with van der Waals surface area (Å²) in [6, 6.07) is 1.53. The molecule has 94 valence electrons. The Hall–Kier alpha value is -1.07. The number of rotatable bonds is 4. The molecular weight excluding hydrogens is 238 g/mol.